The van der Waals surface area contributed by atoms with Gasteiger partial charge >= 0.3 is 0 Å². The molecule has 4 aliphatic heterocycles. The van der Waals surface area contributed by atoms with Gasteiger partial charge < -0.3 is 24.2 Å². The number of amidine groups is 1. The number of thioether (sulfide) groups is 1. The van der Waals surface area contributed by atoms with E-state index >= 15 is 0 Å². The fourth-order valence-corrected chi connectivity index (χ4v) is 8.23. The Balaban J connectivity index is 1.40. The van der Waals surface area contributed by atoms with Crippen LogP contribution in [0.3, 0.4) is 0 Å². The van der Waals surface area contributed by atoms with Crippen molar-refractivity contribution in [3.63, 3.8) is 0 Å². The largest absolute Gasteiger partial charge is 0.380 e. The van der Waals surface area contributed by atoms with E-state index in [2.05, 4.69) is 25.7 Å². The summed E-state index contributed by atoms with van der Waals surface area (Å²) in [6, 6.07) is 14.8. The maximum absolute atomic E-state index is 14.5. The van der Waals surface area contributed by atoms with Crippen molar-refractivity contribution in [3.05, 3.63) is 80.3 Å². The summed E-state index contributed by atoms with van der Waals surface area (Å²) >= 11 is 14.0. The van der Waals surface area contributed by atoms with Crippen molar-refractivity contribution in [3.8, 4) is 0 Å². The third kappa shape index (κ3) is 5.48. The number of nitrogens with zero attached hydrogens (tertiary/aromatic N) is 4. The molecule has 2 amide bonds. The zero-order chi connectivity index (χ0) is 30.5. The number of allylic oxidation sites excluding steroid dienone is 1. The van der Waals surface area contributed by atoms with Gasteiger partial charge in [0.1, 0.15) is 16.5 Å². The van der Waals surface area contributed by atoms with E-state index in [1.807, 2.05) is 53.4 Å². The van der Waals surface area contributed by atoms with Gasteiger partial charge in [0.05, 0.1) is 25.4 Å². The van der Waals surface area contributed by atoms with E-state index in [1.54, 1.807) is 12.0 Å². The van der Waals surface area contributed by atoms with Crippen LogP contribution in [-0.2, 0) is 24.6 Å². The normalized spacial score (nSPS) is 27.3. The maximum atomic E-state index is 14.5. The van der Waals surface area contributed by atoms with E-state index in [0.717, 1.165) is 22.0 Å². The number of carbonyl (C=O) groups is 2. The molecule has 11 heteroatoms. The van der Waals surface area contributed by atoms with Crippen LogP contribution < -0.4 is 0 Å². The monoisotopic (exact) mass is 642 g/mol. The van der Waals surface area contributed by atoms with Gasteiger partial charge in [0.25, 0.3) is 5.91 Å². The average molecular weight is 644 g/mol. The first-order valence-electron chi connectivity index (χ1n) is 14.6. The molecule has 4 atom stereocenters. The van der Waals surface area contributed by atoms with E-state index in [0.29, 0.717) is 54.2 Å². The molecule has 4 aliphatic rings. The fourth-order valence-electron chi connectivity index (χ4n) is 6.62. The second kappa shape index (κ2) is 12.1. The molecule has 0 aliphatic carbocycles. The molecule has 0 bridgehead atoms. The number of carbonyl (C=O) groups excluding carboxylic acids is 2. The molecule has 0 unspecified atom stereocenters. The van der Waals surface area contributed by atoms with Crippen LogP contribution in [0, 0.1) is 5.92 Å². The number of methoxy groups -OCH3 is 1. The zero-order valence-electron chi connectivity index (χ0n) is 24.8. The average Bonchev–Trinajstić information content (AvgIpc) is 3.68. The molecule has 0 N–H and O–H groups in total. The Morgan fingerprint density at radius 1 is 1.05 bits per heavy atom. The predicted octanol–water partition coefficient (Wildman–Crippen LogP) is 5.71. The molecule has 0 spiro atoms. The lowest BCUT2D eigenvalue weighted by molar-refractivity contribution is -0.144. The lowest BCUT2D eigenvalue weighted by Crippen LogP contribution is -2.51. The fraction of sp³-hybridized carbons (Fsp3) is 0.469. The van der Waals surface area contributed by atoms with Crippen LogP contribution in [0.5, 0.6) is 0 Å². The highest BCUT2D eigenvalue weighted by atomic mass is 35.5. The van der Waals surface area contributed by atoms with Crippen LogP contribution in [0.4, 0.5) is 0 Å². The van der Waals surface area contributed by atoms with Crippen molar-refractivity contribution in [2.75, 3.05) is 40.0 Å². The van der Waals surface area contributed by atoms with Gasteiger partial charge in [-0.1, -0.05) is 61.3 Å². The summed E-state index contributed by atoms with van der Waals surface area (Å²) in [5.41, 5.74) is 2.31. The molecule has 4 heterocycles. The molecule has 2 saturated heterocycles. The molecular formula is C32H36Cl2N4O4S. The molecular weight excluding hydrogens is 607 g/mol. The quantitative estimate of drug-likeness (QED) is 0.402. The third-order valence-corrected chi connectivity index (χ3v) is 10.4. The van der Waals surface area contributed by atoms with Crippen molar-refractivity contribution >= 4 is 51.9 Å². The van der Waals surface area contributed by atoms with Crippen molar-refractivity contribution in [2.24, 2.45) is 10.9 Å². The van der Waals surface area contributed by atoms with Crippen LogP contribution in [0.1, 0.15) is 44.4 Å². The molecule has 43 heavy (non-hydrogen) atoms. The Morgan fingerprint density at radius 3 is 2.28 bits per heavy atom. The summed E-state index contributed by atoms with van der Waals surface area (Å²) in [7, 11) is 1.64. The van der Waals surface area contributed by atoms with Crippen molar-refractivity contribution in [1.29, 1.82) is 0 Å². The number of hydrogen-bond donors (Lipinski definition) is 0. The number of amides is 2. The highest BCUT2D eigenvalue weighted by molar-refractivity contribution is 8.18. The highest BCUT2D eigenvalue weighted by Gasteiger charge is 2.54. The summed E-state index contributed by atoms with van der Waals surface area (Å²) in [6.07, 6.45) is 0.265. The number of aliphatic imine (C=N–C) groups is 1. The molecule has 6 rings (SSSR count). The van der Waals surface area contributed by atoms with Gasteiger partial charge in [0.2, 0.25) is 5.91 Å². The van der Waals surface area contributed by atoms with Gasteiger partial charge in [-0.3, -0.25) is 9.59 Å². The number of hydrogen-bond acceptors (Lipinski definition) is 7. The second-order valence-corrected chi connectivity index (χ2v) is 13.7. The molecule has 228 valence electrons. The van der Waals surface area contributed by atoms with Crippen LogP contribution in [0.15, 0.2) is 64.1 Å². The first kappa shape index (κ1) is 30.5. The standard InChI is InChI=1S/C32H36Cl2N4O4S/c1-19(2)26-27(30(40)37-18-24(41-4)17-25(37)29(39)36-13-15-42-16-14-36)43-31-35-32(3,21-7-11-23(34)12-8-21)28(38(26)31)20-5-9-22(33)10-6-20/h5-12,19,24-25,28H,13-18H2,1-4H3/t24-,25-,28+,32-/m0/s1. The number of rotatable bonds is 6. The van der Waals surface area contributed by atoms with E-state index in [4.69, 9.17) is 37.7 Å². The number of likely N-dealkylation sites (tertiary alicyclic amines) is 1. The van der Waals surface area contributed by atoms with Crippen LogP contribution >= 0.6 is 35.0 Å². The number of ether oxygens (including phenoxy) is 2. The molecule has 2 fully saturated rings. The molecule has 8 nitrogen and oxygen atoms in total. The highest BCUT2D eigenvalue weighted by Crippen LogP contribution is 2.56. The molecule has 0 aromatic heterocycles. The van der Waals surface area contributed by atoms with Crippen molar-refractivity contribution < 1.29 is 19.1 Å². The molecule has 2 aromatic carbocycles. The van der Waals surface area contributed by atoms with Gasteiger partial charge in [-0.25, -0.2) is 4.99 Å². The third-order valence-electron chi connectivity index (χ3n) is 8.83. The summed E-state index contributed by atoms with van der Waals surface area (Å²) in [6.45, 7) is 8.75. The summed E-state index contributed by atoms with van der Waals surface area (Å²) in [4.78, 5) is 39.8. The topological polar surface area (TPSA) is 74.7 Å². The first-order chi connectivity index (χ1) is 20.6. The number of halogens is 2. The lowest BCUT2D eigenvalue weighted by atomic mass is 9.81. The Labute approximate surface area is 267 Å². The molecule has 0 radical (unpaired) electrons. The zero-order valence-corrected chi connectivity index (χ0v) is 27.1. The second-order valence-electron chi connectivity index (χ2n) is 11.8. The Bertz CT molecular complexity index is 1460. The van der Waals surface area contributed by atoms with E-state index in [9.17, 15) is 9.59 Å². The number of fused-ring (bicyclic) bond motifs is 1. The summed E-state index contributed by atoms with van der Waals surface area (Å²) in [5.74, 6) is -0.186. The SMILES string of the molecule is CO[C@H]1C[C@@H](C(=O)N2CCOCC2)N(C(=O)C2=C(C(C)C)N3C(=N[C@@](C)(c4ccc(Cl)cc4)[C@H]3c3ccc(Cl)cc3)S2)C1. The number of morpholine rings is 1. The van der Waals surface area contributed by atoms with E-state index in [-0.39, 0.29) is 29.9 Å². The lowest BCUT2D eigenvalue weighted by Gasteiger charge is -2.37. The van der Waals surface area contributed by atoms with Crippen LogP contribution in [-0.4, -0.2) is 83.8 Å². The summed E-state index contributed by atoms with van der Waals surface area (Å²) < 4.78 is 11.1. The number of benzene rings is 2. The van der Waals surface area contributed by atoms with Crippen LogP contribution in [0.25, 0.3) is 0 Å². The van der Waals surface area contributed by atoms with Crippen molar-refractivity contribution in [1.82, 2.24) is 14.7 Å². The van der Waals surface area contributed by atoms with Gasteiger partial charge in [-0.05, 0) is 60.0 Å². The minimum Gasteiger partial charge on any atom is -0.380 e. The van der Waals surface area contributed by atoms with E-state index < -0.39 is 11.6 Å². The van der Waals surface area contributed by atoms with Crippen molar-refractivity contribution in [2.45, 2.75) is 50.9 Å². The smallest absolute Gasteiger partial charge is 0.263 e. The molecule has 0 saturated carbocycles. The molecule has 2 aromatic rings. The Hall–Kier alpha value is -2.56. The van der Waals surface area contributed by atoms with Gasteiger partial charge in [0, 0.05) is 48.9 Å². The minimum absolute atomic E-state index is 0.00994. The van der Waals surface area contributed by atoms with Gasteiger partial charge in [-0.2, -0.15) is 0 Å². The maximum Gasteiger partial charge on any atom is 0.263 e. The minimum atomic E-state index is -0.654. The van der Waals surface area contributed by atoms with Gasteiger partial charge in [-0.15, -0.1) is 0 Å². The summed E-state index contributed by atoms with van der Waals surface area (Å²) in [5, 5.41) is 2.08. The predicted molar refractivity (Wildman–Crippen MR) is 170 cm³/mol. The first-order valence-corrected chi connectivity index (χ1v) is 16.2. The van der Waals surface area contributed by atoms with E-state index in [1.165, 1.54) is 11.8 Å². The Morgan fingerprint density at radius 2 is 1.67 bits per heavy atom. The van der Waals surface area contributed by atoms with Crippen LogP contribution in [0.2, 0.25) is 10.0 Å². The van der Waals surface area contributed by atoms with Gasteiger partial charge in [0.15, 0.2) is 5.17 Å². The Kier molecular flexibility index (Phi) is 8.56.